The summed E-state index contributed by atoms with van der Waals surface area (Å²) >= 11 is 6.50. The van der Waals surface area contributed by atoms with E-state index in [1.54, 1.807) is 35.2 Å². The van der Waals surface area contributed by atoms with Gasteiger partial charge in [-0.05, 0) is 82.3 Å². The summed E-state index contributed by atoms with van der Waals surface area (Å²) in [4.78, 5) is 22.6. The zero-order chi connectivity index (χ0) is 31.6. The Balaban J connectivity index is 1.48. The van der Waals surface area contributed by atoms with Gasteiger partial charge in [-0.25, -0.2) is 27.2 Å². The molecule has 2 N–H and O–H groups in total. The van der Waals surface area contributed by atoms with Crippen LogP contribution in [-0.2, 0) is 10.0 Å². The molecule has 1 aromatic carbocycles. The average molecular weight is 636 g/mol. The largest absolute Gasteiger partial charge is 0.479 e. The van der Waals surface area contributed by atoms with Crippen LogP contribution in [0.15, 0.2) is 65.8 Å². The Labute approximate surface area is 262 Å². The van der Waals surface area contributed by atoms with Crippen LogP contribution in [0, 0.1) is 12.3 Å². The van der Waals surface area contributed by atoms with Crippen LogP contribution in [0.5, 0.6) is 5.75 Å². The maximum absolute atomic E-state index is 13.7. The molecule has 1 aliphatic rings. The van der Waals surface area contributed by atoms with E-state index in [1.807, 2.05) is 26.8 Å². The van der Waals surface area contributed by atoms with E-state index in [2.05, 4.69) is 21.2 Å². The number of benzene rings is 1. The van der Waals surface area contributed by atoms with Crippen molar-refractivity contribution in [1.82, 2.24) is 18.8 Å². The lowest BCUT2D eigenvalue weighted by molar-refractivity contribution is 0.0556. The Morgan fingerprint density at radius 2 is 1.89 bits per heavy atom. The van der Waals surface area contributed by atoms with Gasteiger partial charge in [-0.15, -0.1) is 6.42 Å². The lowest BCUT2D eigenvalue weighted by Crippen LogP contribution is -2.52. The van der Waals surface area contributed by atoms with Gasteiger partial charge in [-0.2, -0.15) is 0 Å². The van der Waals surface area contributed by atoms with Gasteiger partial charge in [0.1, 0.15) is 23.3 Å². The number of halogens is 1. The Morgan fingerprint density at radius 1 is 1.18 bits per heavy atom. The zero-order valence-electron chi connectivity index (χ0n) is 24.7. The molecule has 5 rings (SSSR count). The summed E-state index contributed by atoms with van der Waals surface area (Å²) in [6, 6.07) is 13.3. The van der Waals surface area contributed by atoms with Crippen LogP contribution in [0.3, 0.4) is 0 Å². The number of hydrogen-bond acceptors (Lipinski definition) is 7. The summed E-state index contributed by atoms with van der Waals surface area (Å²) in [5, 5.41) is 14.0. The molecule has 3 aromatic heterocycles. The molecule has 1 fully saturated rings. The van der Waals surface area contributed by atoms with Crippen molar-refractivity contribution in [3.63, 3.8) is 0 Å². The van der Waals surface area contributed by atoms with Crippen molar-refractivity contribution in [2.24, 2.45) is 0 Å². The van der Waals surface area contributed by atoms with Gasteiger partial charge in [0.2, 0.25) is 0 Å². The minimum Gasteiger partial charge on any atom is -0.479 e. The third-order valence-electron chi connectivity index (χ3n) is 7.66. The first-order valence-corrected chi connectivity index (χ1v) is 16.0. The van der Waals surface area contributed by atoms with E-state index in [0.29, 0.717) is 40.9 Å². The number of carboxylic acid groups (broad SMARTS) is 1. The molecule has 0 radical (unpaired) electrons. The summed E-state index contributed by atoms with van der Waals surface area (Å²) in [5.41, 5.74) is 0.929. The van der Waals surface area contributed by atoms with Crippen molar-refractivity contribution < 1.29 is 23.1 Å². The van der Waals surface area contributed by atoms with E-state index in [-0.39, 0.29) is 34.4 Å². The van der Waals surface area contributed by atoms with Crippen LogP contribution in [0.2, 0.25) is 5.15 Å². The molecule has 12 heteroatoms. The smallest absolute Gasteiger partial charge is 0.407 e. The highest BCUT2D eigenvalue weighted by Crippen LogP contribution is 2.37. The van der Waals surface area contributed by atoms with E-state index in [4.69, 9.17) is 22.8 Å². The summed E-state index contributed by atoms with van der Waals surface area (Å²) in [6.07, 6.45) is 10.4. The molecule has 0 saturated heterocycles. The molecule has 0 bridgehead atoms. The van der Waals surface area contributed by atoms with Gasteiger partial charge in [-0.1, -0.05) is 35.7 Å². The highest BCUT2D eigenvalue weighted by atomic mass is 35.5. The molecular weight excluding hydrogens is 602 g/mol. The fraction of sp³-hybridized carbons (Fsp3) is 0.344. The van der Waals surface area contributed by atoms with Gasteiger partial charge >= 0.3 is 6.09 Å². The molecule has 1 aliphatic carbocycles. The normalized spacial score (nSPS) is 17.2. The number of fused-ring (bicyclic) bond motifs is 1. The number of aromatic nitrogens is 3. The lowest BCUT2D eigenvalue weighted by Gasteiger charge is -2.42. The van der Waals surface area contributed by atoms with Crippen molar-refractivity contribution >= 4 is 44.6 Å². The number of hydrogen-bond donors (Lipinski definition) is 2. The second kappa shape index (κ2) is 12.4. The van der Waals surface area contributed by atoms with Gasteiger partial charge in [0.05, 0.1) is 11.1 Å². The van der Waals surface area contributed by atoms with Gasteiger partial charge in [0.15, 0.2) is 5.65 Å². The van der Waals surface area contributed by atoms with Crippen LogP contribution in [0.25, 0.3) is 22.2 Å². The summed E-state index contributed by atoms with van der Waals surface area (Å²) in [6.45, 7) is 5.75. The van der Waals surface area contributed by atoms with E-state index in [0.717, 1.165) is 16.8 Å². The van der Waals surface area contributed by atoms with E-state index >= 15 is 0 Å². The van der Waals surface area contributed by atoms with Crippen molar-refractivity contribution in [3.05, 3.63) is 66.1 Å². The number of nitrogens with one attached hydrogen (secondary N) is 1. The average Bonchev–Trinajstić information content (AvgIpc) is 3.36. The number of anilines is 1. The van der Waals surface area contributed by atoms with Crippen LogP contribution < -0.4 is 10.1 Å². The number of nitrogens with zero attached hydrogens (tertiary/aromatic N) is 4. The van der Waals surface area contributed by atoms with Gasteiger partial charge in [-0.3, -0.25) is 0 Å². The monoisotopic (exact) mass is 635 g/mol. The van der Waals surface area contributed by atoms with Crippen molar-refractivity contribution in [3.8, 4) is 29.2 Å². The maximum atomic E-state index is 13.7. The number of amides is 1. The fourth-order valence-corrected chi connectivity index (χ4v) is 7.34. The first-order chi connectivity index (χ1) is 20.9. The second-order valence-corrected chi connectivity index (χ2v) is 13.9. The maximum Gasteiger partial charge on any atom is 0.407 e. The molecule has 1 amide bonds. The molecule has 0 aliphatic heterocycles. The molecule has 44 heavy (non-hydrogen) atoms. The van der Waals surface area contributed by atoms with Crippen LogP contribution >= 0.6 is 11.6 Å². The minimum atomic E-state index is -3.98. The standard InChI is InChI=1S/C32H34ClN5O5S/c1-5-15-43-24-18-26-27(20-37(30(26)34-19-24)44(41,42)25-9-7-6-8-10-25)21-16-28(33)36-29(17-21)35-22-11-13-23(14-12-22)38(31(39)40)32(2,3)4/h1,6-10,16-20,22-23H,11-15H2,2-4H3,(H,35,36)(H,39,40)/t22-,23-. The molecule has 4 aromatic rings. The molecule has 0 spiro atoms. The number of ether oxygens (including phenoxy) is 1. The summed E-state index contributed by atoms with van der Waals surface area (Å²) in [5.74, 6) is 3.34. The zero-order valence-corrected chi connectivity index (χ0v) is 26.3. The molecule has 0 unspecified atom stereocenters. The number of carbonyl (C=O) groups is 1. The predicted molar refractivity (Wildman–Crippen MR) is 171 cm³/mol. The molecule has 230 valence electrons. The van der Waals surface area contributed by atoms with Crippen LogP contribution in [0.4, 0.5) is 10.6 Å². The van der Waals surface area contributed by atoms with Gasteiger partial charge < -0.3 is 20.1 Å². The summed E-state index contributed by atoms with van der Waals surface area (Å²) < 4.78 is 34.1. The Hall–Kier alpha value is -4.27. The quantitative estimate of drug-likeness (QED) is 0.166. The highest BCUT2D eigenvalue weighted by Gasteiger charge is 2.35. The number of rotatable bonds is 8. The molecule has 10 nitrogen and oxygen atoms in total. The van der Waals surface area contributed by atoms with E-state index < -0.39 is 21.7 Å². The third-order valence-corrected chi connectivity index (χ3v) is 9.51. The number of pyridine rings is 2. The van der Waals surface area contributed by atoms with Crippen molar-refractivity contribution in [2.45, 2.75) is 69.0 Å². The van der Waals surface area contributed by atoms with Crippen molar-refractivity contribution in [2.75, 3.05) is 11.9 Å². The first-order valence-electron chi connectivity index (χ1n) is 14.2. The van der Waals surface area contributed by atoms with Gasteiger partial charge in [0.25, 0.3) is 10.0 Å². The Morgan fingerprint density at radius 3 is 2.52 bits per heavy atom. The predicted octanol–water partition coefficient (Wildman–Crippen LogP) is 6.50. The Bertz CT molecular complexity index is 1820. The summed E-state index contributed by atoms with van der Waals surface area (Å²) in [7, 11) is -3.98. The SMILES string of the molecule is C#CCOc1cnc2c(c1)c(-c1cc(Cl)nc(N[C@H]3CC[C@H](N(C(=O)O)C(C)(C)C)CC3)c1)cn2S(=O)(=O)c1ccccc1. The van der Waals surface area contributed by atoms with E-state index in [9.17, 15) is 18.3 Å². The van der Waals surface area contributed by atoms with Crippen LogP contribution in [0.1, 0.15) is 46.5 Å². The molecular formula is C32H34ClN5O5S. The third kappa shape index (κ3) is 6.47. The molecule has 0 atom stereocenters. The van der Waals surface area contributed by atoms with E-state index in [1.165, 1.54) is 24.5 Å². The molecule has 3 heterocycles. The molecule has 1 saturated carbocycles. The van der Waals surface area contributed by atoms with Gasteiger partial charge in [0, 0.05) is 34.8 Å². The number of terminal acetylenes is 1. The first kappa shape index (κ1) is 31.2. The topological polar surface area (TPSA) is 127 Å². The van der Waals surface area contributed by atoms with Crippen LogP contribution in [-0.4, -0.2) is 62.7 Å². The lowest BCUT2D eigenvalue weighted by atomic mass is 9.88. The van der Waals surface area contributed by atoms with Crippen molar-refractivity contribution in [1.29, 1.82) is 0 Å². The fourth-order valence-electron chi connectivity index (χ4n) is 5.79. The highest BCUT2D eigenvalue weighted by molar-refractivity contribution is 7.90. The minimum absolute atomic E-state index is 0.0307. The Kier molecular flexibility index (Phi) is 8.77. The second-order valence-electron chi connectivity index (χ2n) is 11.7.